The van der Waals surface area contributed by atoms with Crippen molar-refractivity contribution in [2.24, 2.45) is 0 Å². The summed E-state index contributed by atoms with van der Waals surface area (Å²) in [7, 11) is 0. The van der Waals surface area contributed by atoms with Crippen LogP contribution >= 0.6 is 0 Å². The number of rotatable bonds is 2. The van der Waals surface area contributed by atoms with Crippen LogP contribution in [0.1, 0.15) is 10.4 Å². The Hall–Kier alpha value is -1.35. The number of nitro benzene ring substituents is 1. The zero-order chi connectivity index (χ0) is 10.0. The van der Waals surface area contributed by atoms with Gasteiger partial charge in [-0.25, -0.2) is 0 Å². The van der Waals surface area contributed by atoms with E-state index in [1.165, 1.54) is 18.2 Å². The molecule has 0 fully saturated rings. The molecule has 0 saturated heterocycles. The minimum atomic E-state index is -1.29. The first kappa shape index (κ1) is 9.73. The van der Waals surface area contributed by atoms with Gasteiger partial charge in [-0.15, -0.1) is 0 Å². The van der Waals surface area contributed by atoms with Gasteiger partial charge in [0.05, 0.1) is 0 Å². The average Bonchev–Trinajstić information content (AvgIpc) is 2.03. The molecule has 0 amide bonds. The molecule has 5 nitrogen and oxygen atoms in total. The predicted molar refractivity (Wildman–Crippen MR) is 45.4 cm³/mol. The van der Waals surface area contributed by atoms with Crippen molar-refractivity contribution < 1.29 is 14.8 Å². The summed E-state index contributed by atoms with van der Waals surface area (Å²) in [4.78, 5) is 20.2. The first-order valence-corrected chi connectivity index (χ1v) is 4.17. The number of nitrogens with zero attached hydrogens (tertiary/aromatic N) is 1. The van der Waals surface area contributed by atoms with Crippen molar-refractivity contribution in [3.8, 4) is 0 Å². The molecule has 2 radical (unpaired) electrons. The van der Waals surface area contributed by atoms with Gasteiger partial charge in [0.15, 0.2) is 0 Å². The number of hydrogen-bond acceptors (Lipinski definition) is 3. The number of hydrogen-bond donors (Lipinski definition) is 1. The van der Waals surface area contributed by atoms with Crippen LogP contribution in [0.4, 0.5) is 5.69 Å². The third-order valence-electron chi connectivity index (χ3n) is 1.41. The van der Waals surface area contributed by atoms with Crippen molar-refractivity contribution in [2.75, 3.05) is 0 Å². The second kappa shape index (κ2) is 3.58. The van der Waals surface area contributed by atoms with Gasteiger partial charge in [-0.2, -0.15) is 0 Å². The molecular weight excluding hydrogens is 237 g/mol. The Morgan fingerprint density at radius 1 is 1.54 bits per heavy atom. The van der Waals surface area contributed by atoms with Crippen molar-refractivity contribution >= 4 is 32.9 Å². The van der Waals surface area contributed by atoms with Crippen LogP contribution in [0.3, 0.4) is 0 Å². The van der Waals surface area contributed by atoms with Gasteiger partial charge in [0.1, 0.15) is 0 Å². The zero-order valence-electron chi connectivity index (χ0n) is 6.30. The summed E-state index contributed by atoms with van der Waals surface area (Å²) >= 11 is 2.12. The van der Waals surface area contributed by atoms with Gasteiger partial charge in [-0.05, 0) is 0 Å². The molecule has 13 heavy (non-hydrogen) atoms. The number of nitro groups is 1. The van der Waals surface area contributed by atoms with Gasteiger partial charge >= 0.3 is 81.6 Å². The van der Waals surface area contributed by atoms with Crippen LogP contribution < -0.4 is 4.35 Å². The molecule has 0 aromatic heterocycles. The van der Waals surface area contributed by atoms with E-state index >= 15 is 0 Å². The second-order valence-electron chi connectivity index (χ2n) is 2.26. The molecule has 0 unspecified atom stereocenters. The topological polar surface area (TPSA) is 80.4 Å². The molecule has 1 aromatic rings. The molecule has 1 rings (SSSR count). The summed E-state index contributed by atoms with van der Waals surface area (Å²) in [5, 5.41) is 19.0. The molecule has 0 aliphatic heterocycles. The average molecular weight is 241 g/mol. The van der Waals surface area contributed by atoms with Gasteiger partial charge in [-0.1, -0.05) is 0 Å². The van der Waals surface area contributed by atoms with E-state index in [4.69, 9.17) is 5.11 Å². The maximum absolute atomic E-state index is 10.5. The normalized spacial score (nSPS) is 9.62. The van der Waals surface area contributed by atoms with E-state index in [-0.39, 0.29) is 11.3 Å². The van der Waals surface area contributed by atoms with Gasteiger partial charge in [-0.3, -0.25) is 0 Å². The number of benzene rings is 1. The van der Waals surface area contributed by atoms with Gasteiger partial charge in [0.2, 0.25) is 0 Å². The summed E-state index contributed by atoms with van der Waals surface area (Å²) in [6, 6.07) is 3.92. The molecule has 0 atom stereocenters. The van der Waals surface area contributed by atoms with E-state index in [0.29, 0.717) is 4.35 Å². The molecule has 0 bridgehead atoms. The van der Waals surface area contributed by atoms with E-state index in [2.05, 4.69) is 16.9 Å². The van der Waals surface area contributed by atoms with E-state index in [1.54, 1.807) is 0 Å². The molecule has 1 aromatic carbocycles. The van der Waals surface area contributed by atoms with E-state index in [9.17, 15) is 14.9 Å². The Kier molecular flexibility index (Phi) is 2.68. The van der Waals surface area contributed by atoms with Crippen molar-refractivity contribution in [3.63, 3.8) is 0 Å². The molecule has 1 N–H and O–H groups in total. The third-order valence-corrected chi connectivity index (χ3v) is 1.99. The molecular formula is C7H4AsNO4. The van der Waals surface area contributed by atoms with Crippen molar-refractivity contribution in [3.05, 3.63) is 33.9 Å². The van der Waals surface area contributed by atoms with Crippen LogP contribution in [0.2, 0.25) is 0 Å². The van der Waals surface area contributed by atoms with Crippen LogP contribution in [0, 0.1) is 10.1 Å². The van der Waals surface area contributed by atoms with Gasteiger partial charge < -0.3 is 0 Å². The van der Waals surface area contributed by atoms with Gasteiger partial charge in [0.25, 0.3) is 0 Å². The molecule has 0 saturated carbocycles. The van der Waals surface area contributed by atoms with Crippen LogP contribution in [0.25, 0.3) is 0 Å². The number of carboxylic acid groups (broad SMARTS) is 1. The van der Waals surface area contributed by atoms with Crippen molar-refractivity contribution in [2.45, 2.75) is 0 Å². The summed E-state index contributed by atoms with van der Waals surface area (Å²) < 4.78 is 0.601. The minimum absolute atomic E-state index is 0.292. The zero-order valence-corrected chi connectivity index (χ0v) is 8.18. The molecule has 6 heteroatoms. The molecule has 0 aliphatic carbocycles. The Balaban J connectivity index is 3.35. The number of carboxylic acids is 1. The van der Waals surface area contributed by atoms with Crippen LogP contribution in [-0.4, -0.2) is 32.9 Å². The van der Waals surface area contributed by atoms with Crippen molar-refractivity contribution in [1.29, 1.82) is 0 Å². The SMILES string of the molecule is O=C(O)c1ccc([As])cc1[N+](=O)[O-]. The molecule has 0 heterocycles. The second-order valence-corrected chi connectivity index (χ2v) is 3.35. The Bertz CT molecular complexity index is 377. The number of aromatic carboxylic acids is 1. The Labute approximate surface area is 82.0 Å². The summed E-state index contributed by atoms with van der Waals surface area (Å²) in [5.74, 6) is -1.29. The Morgan fingerprint density at radius 2 is 2.15 bits per heavy atom. The first-order chi connectivity index (χ1) is 6.02. The number of carbonyl (C=O) groups is 1. The van der Waals surface area contributed by atoms with Crippen LogP contribution in [-0.2, 0) is 0 Å². The first-order valence-electron chi connectivity index (χ1n) is 3.23. The quantitative estimate of drug-likeness (QED) is 0.452. The van der Waals surface area contributed by atoms with Gasteiger partial charge in [0, 0.05) is 0 Å². The summed E-state index contributed by atoms with van der Waals surface area (Å²) in [6.07, 6.45) is 0. The summed E-state index contributed by atoms with van der Waals surface area (Å²) in [6.45, 7) is 0. The fraction of sp³-hybridized carbons (Fsp3) is 0. The fourth-order valence-corrected chi connectivity index (χ4v) is 1.26. The third kappa shape index (κ3) is 2.06. The molecule has 66 valence electrons. The van der Waals surface area contributed by atoms with E-state index in [1.807, 2.05) is 0 Å². The van der Waals surface area contributed by atoms with Crippen LogP contribution in [0.15, 0.2) is 18.2 Å². The van der Waals surface area contributed by atoms with E-state index in [0.717, 1.165) is 0 Å². The Morgan fingerprint density at radius 3 is 2.62 bits per heavy atom. The van der Waals surface area contributed by atoms with Crippen LogP contribution in [0.5, 0.6) is 0 Å². The fourth-order valence-electron chi connectivity index (χ4n) is 0.852. The summed E-state index contributed by atoms with van der Waals surface area (Å²) in [5.41, 5.74) is -0.676. The molecule has 0 aliphatic rings. The monoisotopic (exact) mass is 241 g/mol. The van der Waals surface area contributed by atoms with Crippen molar-refractivity contribution in [1.82, 2.24) is 0 Å². The maximum atomic E-state index is 10.5. The van der Waals surface area contributed by atoms with E-state index < -0.39 is 10.9 Å². The predicted octanol–water partition coefficient (Wildman–Crippen LogP) is 0.0868. The molecule has 0 spiro atoms. The standard InChI is InChI=1S/C7H4AsNO4/c8-4-1-2-5(7(10)11)6(3-4)9(12)13/h1-3H,(H,10,11).